The van der Waals surface area contributed by atoms with Gasteiger partial charge in [-0.15, -0.1) is 0 Å². The van der Waals surface area contributed by atoms with Gasteiger partial charge in [0.25, 0.3) is 5.91 Å². The number of benzene rings is 2. The van der Waals surface area contributed by atoms with Crippen LogP contribution in [0.4, 0.5) is 5.69 Å². The molecule has 1 unspecified atom stereocenters. The average molecular weight is 445 g/mol. The summed E-state index contributed by atoms with van der Waals surface area (Å²) >= 11 is 3.34. The van der Waals surface area contributed by atoms with E-state index in [0.717, 1.165) is 17.6 Å². The van der Waals surface area contributed by atoms with Gasteiger partial charge in [-0.2, -0.15) is 0 Å². The molecule has 0 radical (unpaired) electrons. The SMILES string of the molecule is O=C(CC1(O)C(=O)N(CN2CCOCC2)c2ccccc21)c1ccc(Br)cc1. The summed E-state index contributed by atoms with van der Waals surface area (Å²) in [7, 11) is 0. The van der Waals surface area contributed by atoms with E-state index >= 15 is 0 Å². The first-order valence-electron chi connectivity index (χ1n) is 9.22. The largest absolute Gasteiger partial charge is 0.379 e. The van der Waals surface area contributed by atoms with Crippen molar-refractivity contribution >= 4 is 33.3 Å². The first-order chi connectivity index (χ1) is 13.5. The molecule has 0 aromatic heterocycles. The van der Waals surface area contributed by atoms with Crippen molar-refractivity contribution in [2.45, 2.75) is 12.0 Å². The Balaban J connectivity index is 1.61. The highest BCUT2D eigenvalue weighted by Gasteiger charge is 2.51. The number of ketones is 1. The Morgan fingerprint density at radius 1 is 1.11 bits per heavy atom. The number of Topliss-reactive ketones (excluding diaryl/α,β-unsaturated/α-hetero) is 1. The van der Waals surface area contributed by atoms with Crippen LogP contribution in [0, 0.1) is 0 Å². The lowest BCUT2D eigenvalue weighted by atomic mass is 9.88. The molecule has 2 aliphatic rings. The number of nitrogens with zero attached hydrogens (tertiary/aromatic N) is 2. The zero-order valence-electron chi connectivity index (χ0n) is 15.3. The van der Waals surface area contributed by atoms with Gasteiger partial charge in [0.2, 0.25) is 0 Å². The number of carbonyl (C=O) groups excluding carboxylic acids is 2. The maximum atomic E-state index is 13.2. The third-order valence-electron chi connectivity index (χ3n) is 5.27. The summed E-state index contributed by atoms with van der Waals surface area (Å²) in [6.45, 7) is 3.06. The van der Waals surface area contributed by atoms with E-state index in [1.165, 1.54) is 0 Å². The molecule has 2 aromatic rings. The molecule has 0 saturated carbocycles. The standard InChI is InChI=1S/C21H21BrN2O4/c22-16-7-5-15(6-8-16)19(25)13-21(27)17-3-1-2-4-18(17)24(20(21)26)14-23-9-11-28-12-10-23/h1-8,27H,9-14H2. The monoisotopic (exact) mass is 444 g/mol. The van der Waals surface area contributed by atoms with Crippen molar-refractivity contribution in [2.75, 3.05) is 37.9 Å². The molecule has 1 atom stereocenters. The lowest BCUT2D eigenvalue weighted by Gasteiger charge is -2.31. The number of ether oxygens (including phenoxy) is 1. The number of carbonyl (C=O) groups is 2. The van der Waals surface area contributed by atoms with Crippen molar-refractivity contribution in [2.24, 2.45) is 0 Å². The molecule has 0 spiro atoms. The zero-order valence-corrected chi connectivity index (χ0v) is 16.9. The second-order valence-corrected chi connectivity index (χ2v) is 8.00. The van der Waals surface area contributed by atoms with Crippen LogP contribution in [0.2, 0.25) is 0 Å². The minimum atomic E-state index is -1.85. The van der Waals surface area contributed by atoms with Gasteiger partial charge in [-0.05, 0) is 18.2 Å². The molecule has 1 amide bonds. The summed E-state index contributed by atoms with van der Waals surface area (Å²) in [5.74, 6) is -0.725. The number of amides is 1. The Labute approximate surface area is 171 Å². The summed E-state index contributed by atoms with van der Waals surface area (Å²) in [6.07, 6.45) is -0.288. The predicted octanol–water partition coefficient (Wildman–Crippen LogP) is 2.55. The summed E-state index contributed by atoms with van der Waals surface area (Å²) < 4.78 is 6.23. The molecule has 146 valence electrons. The van der Waals surface area contributed by atoms with Crippen molar-refractivity contribution in [3.05, 3.63) is 64.1 Å². The van der Waals surface area contributed by atoms with Gasteiger partial charge >= 0.3 is 0 Å². The molecule has 7 heteroatoms. The van der Waals surface area contributed by atoms with Crippen molar-refractivity contribution in [3.8, 4) is 0 Å². The number of para-hydroxylation sites is 1. The third-order valence-corrected chi connectivity index (χ3v) is 5.80. The second-order valence-electron chi connectivity index (χ2n) is 7.09. The third kappa shape index (κ3) is 3.51. The van der Waals surface area contributed by atoms with Crippen LogP contribution in [-0.2, 0) is 15.1 Å². The topological polar surface area (TPSA) is 70.1 Å². The van der Waals surface area contributed by atoms with Crippen LogP contribution in [0.15, 0.2) is 53.0 Å². The molecule has 1 N–H and O–H groups in total. The molecule has 1 saturated heterocycles. The number of hydrogen-bond acceptors (Lipinski definition) is 5. The minimum Gasteiger partial charge on any atom is -0.379 e. The van der Waals surface area contributed by atoms with Gasteiger partial charge in [-0.3, -0.25) is 19.4 Å². The molecular formula is C21H21BrN2O4. The number of anilines is 1. The quantitative estimate of drug-likeness (QED) is 0.717. The fourth-order valence-electron chi connectivity index (χ4n) is 3.73. The van der Waals surface area contributed by atoms with E-state index in [1.54, 1.807) is 41.3 Å². The second kappa shape index (κ2) is 7.75. The van der Waals surface area contributed by atoms with Crippen LogP contribution in [0.3, 0.4) is 0 Å². The number of hydrogen-bond donors (Lipinski definition) is 1. The van der Waals surface area contributed by atoms with E-state index in [4.69, 9.17) is 4.74 Å². The van der Waals surface area contributed by atoms with Crippen molar-refractivity contribution in [3.63, 3.8) is 0 Å². The zero-order chi connectivity index (χ0) is 19.7. The van der Waals surface area contributed by atoms with Gasteiger partial charge in [0.1, 0.15) is 0 Å². The van der Waals surface area contributed by atoms with Crippen molar-refractivity contribution in [1.29, 1.82) is 0 Å². The molecule has 2 aliphatic heterocycles. The maximum absolute atomic E-state index is 13.2. The van der Waals surface area contributed by atoms with E-state index in [9.17, 15) is 14.7 Å². The van der Waals surface area contributed by atoms with E-state index in [0.29, 0.717) is 36.7 Å². The minimum absolute atomic E-state index is 0.272. The van der Waals surface area contributed by atoms with Gasteiger partial charge in [-0.25, -0.2) is 0 Å². The summed E-state index contributed by atoms with van der Waals surface area (Å²) in [6, 6.07) is 14.1. The number of fused-ring (bicyclic) bond motifs is 1. The molecule has 2 aromatic carbocycles. The Bertz CT molecular complexity index is 896. The number of halogens is 1. The number of morpholine rings is 1. The van der Waals surface area contributed by atoms with Gasteiger partial charge in [0, 0.05) is 28.7 Å². The number of rotatable bonds is 5. The molecule has 0 bridgehead atoms. The van der Waals surface area contributed by atoms with Crippen LogP contribution < -0.4 is 4.90 Å². The first-order valence-corrected chi connectivity index (χ1v) is 10.0. The molecule has 6 nitrogen and oxygen atoms in total. The Hall–Kier alpha value is -2.06. The molecule has 0 aliphatic carbocycles. The highest BCUT2D eigenvalue weighted by molar-refractivity contribution is 9.10. The fraction of sp³-hybridized carbons (Fsp3) is 0.333. The van der Waals surface area contributed by atoms with Gasteiger partial charge < -0.3 is 9.84 Å². The van der Waals surface area contributed by atoms with E-state index < -0.39 is 11.5 Å². The van der Waals surface area contributed by atoms with E-state index in [2.05, 4.69) is 20.8 Å². The Morgan fingerprint density at radius 3 is 2.50 bits per heavy atom. The van der Waals surface area contributed by atoms with Crippen LogP contribution in [0.5, 0.6) is 0 Å². The van der Waals surface area contributed by atoms with Gasteiger partial charge in [-0.1, -0.05) is 46.3 Å². The molecule has 4 rings (SSSR count). The summed E-state index contributed by atoms with van der Waals surface area (Å²) in [5.41, 5.74) is -0.245. The Morgan fingerprint density at radius 2 is 1.79 bits per heavy atom. The molecule has 2 heterocycles. The number of aliphatic hydroxyl groups is 1. The first kappa shape index (κ1) is 19.3. The van der Waals surface area contributed by atoms with Crippen LogP contribution in [0.1, 0.15) is 22.3 Å². The smallest absolute Gasteiger partial charge is 0.265 e. The highest BCUT2D eigenvalue weighted by atomic mass is 79.9. The average Bonchev–Trinajstić information content (AvgIpc) is 2.91. The lowest BCUT2D eigenvalue weighted by molar-refractivity contribution is -0.136. The van der Waals surface area contributed by atoms with E-state index in [1.807, 2.05) is 12.1 Å². The van der Waals surface area contributed by atoms with Crippen LogP contribution >= 0.6 is 15.9 Å². The van der Waals surface area contributed by atoms with Crippen LogP contribution in [0.25, 0.3) is 0 Å². The normalized spacial score (nSPS) is 22.4. The van der Waals surface area contributed by atoms with E-state index in [-0.39, 0.29) is 12.2 Å². The van der Waals surface area contributed by atoms with Crippen LogP contribution in [-0.4, -0.2) is 54.7 Å². The summed E-state index contributed by atoms with van der Waals surface area (Å²) in [5, 5.41) is 11.3. The highest BCUT2D eigenvalue weighted by Crippen LogP contribution is 2.43. The Kier molecular flexibility index (Phi) is 5.33. The maximum Gasteiger partial charge on any atom is 0.265 e. The summed E-state index contributed by atoms with van der Waals surface area (Å²) in [4.78, 5) is 29.7. The predicted molar refractivity (Wildman–Crippen MR) is 108 cm³/mol. The fourth-order valence-corrected chi connectivity index (χ4v) is 3.99. The van der Waals surface area contributed by atoms with Crippen molar-refractivity contribution < 1.29 is 19.4 Å². The van der Waals surface area contributed by atoms with Gasteiger partial charge in [0.05, 0.1) is 32.0 Å². The lowest BCUT2D eigenvalue weighted by Crippen LogP contribution is -2.49. The van der Waals surface area contributed by atoms with Crippen molar-refractivity contribution in [1.82, 2.24) is 4.90 Å². The molecular weight excluding hydrogens is 424 g/mol. The molecule has 28 heavy (non-hydrogen) atoms. The van der Waals surface area contributed by atoms with Gasteiger partial charge in [0.15, 0.2) is 11.4 Å². The molecule has 1 fully saturated rings.